The number of rotatable bonds is 3. The lowest BCUT2D eigenvalue weighted by atomic mass is 9.98. The first kappa shape index (κ1) is 16.2. The number of thiocarbonyl (C=S) groups is 1. The van der Waals surface area contributed by atoms with E-state index in [9.17, 15) is 0 Å². The molecule has 0 aliphatic carbocycles. The number of nitrogens with one attached hydrogen (secondary N) is 2. The van der Waals surface area contributed by atoms with Crippen molar-refractivity contribution in [3.05, 3.63) is 64.2 Å². The largest absolute Gasteiger partial charge is 0.338 e. The minimum Gasteiger partial charge on any atom is -0.338 e. The van der Waals surface area contributed by atoms with Gasteiger partial charge in [-0.05, 0) is 73.4 Å². The molecule has 0 radical (unpaired) electrons. The minimum atomic E-state index is -0.416. The van der Waals surface area contributed by atoms with Crippen molar-refractivity contribution in [2.75, 3.05) is 5.01 Å². The maximum Gasteiger partial charge on any atom is 0.190 e. The first-order chi connectivity index (χ1) is 10.9. The normalized spacial score (nSPS) is 20.7. The molecule has 0 amide bonds. The van der Waals surface area contributed by atoms with Crippen molar-refractivity contribution in [1.29, 1.82) is 0 Å². The molecule has 1 saturated heterocycles. The van der Waals surface area contributed by atoms with Crippen LogP contribution in [0.5, 0.6) is 0 Å². The number of hydrazine groups is 1. The van der Waals surface area contributed by atoms with Gasteiger partial charge in [-0.1, -0.05) is 36.7 Å². The molecule has 2 aromatic carbocycles. The molecule has 2 aromatic rings. The zero-order valence-electron chi connectivity index (χ0n) is 13.5. The van der Waals surface area contributed by atoms with Crippen LogP contribution in [0.2, 0.25) is 5.02 Å². The SMILES string of the molecule is CC[C@@]1(c2ccc(Cl)cc2)NC(=S)N(c2ccc(C)c(C)c2)N1. The summed E-state index contributed by atoms with van der Waals surface area (Å²) in [6.07, 6.45) is 0.843. The maximum atomic E-state index is 6.02. The Labute approximate surface area is 147 Å². The summed E-state index contributed by atoms with van der Waals surface area (Å²) in [7, 11) is 0. The third-order valence-corrected chi connectivity index (χ3v) is 4.98. The molecule has 0 bridgehead atoms. The van der Waals surface area contributed by atoms with Gasteiger partial charge >= 0.3 is 0 Å². The molecule has 1 aliphatic rings. The Morgan fingerprint density at radius 1 is 1.09 bits per heavy atom. The second kappa shape index (κ2) is 6.11. The van der Waals surface area contributed by atoms with Crippen molar-refractivity contribution in [3.63, 3.8) is 0 Å². The molecule has 2 N–H and O–H groups in total. The summed E-state index contributed by atoms with van der Waals surface area (Å²) in [6.45, 7) is 6.34. The number of hydrogen-bond donors (Lipinski definition) is 2. The third-order valence-electron chi connectivity index (χ3n) is 4.44. The lowest BCUT2D eigenvalue weighted by Crippen LogP contribution is -2.47. The number of halogens is 1. The van der Waals surface area contributed by atoms with Crippen LogP contribution in [-0.4, -0.2) is 5.11 Å². The van der Waals surface area contributed by atoms with Gasteiger partial charge in [0.25, 0.3) is 0 Å². The summed E-state index contributed by atoms with van der Waals surface area (Å²) in [5.41, 5.74) is 7.78. The Hall–Kier alpha value is -1.62. The van der Waals surface area contributed by atoms with Crippen LogP contribution in [0.25, 0.3) is 0 Å². The van der Waals surface area contributed by atoms with E-state index in [4.69, 9.17) is 23.8 Å². The highest BCUT2D eigenvalue weighted by molar-refractivity contribution is 7.80. The van der Waals surface area contributed by atoms with Gasteiger partial charge in [-0.2, -0.15) is 5.43 Å². The van der Waals surface area contributed by atoms with Crippen molar-refractivity contribution in [2.24, 2.45) is 0 Å². The van der Waals surface area contributed by atoms with Gasteiger partial charge in [-0.15, -0.1) is 0 Å². The molecular weight excluding hydrogens is 326 g/mol. The van der Waals surface area contributed by atoms with Crippen molar-refractivity contribution in [3.8, 4) is 0 Å². The molecule has 0 spiro atoms. The summed E-state index contributed by atoms with van der Waals surface area (Å²) in [4.78, 5) is 0. The molecule has 1 aliphatic heterocycles. The fourth-order valence-corrected chi connectivity index (χ4v) is 3.25. The predicted molar refractivity (Wildman–Crippen MR) is 101 cm³/mol. The molecule has 1 fully saturated rings. The van der Waals surface area contributed by atoms with Gasteiger partial charge < -0.3 is 5.32 Å². The second-order valence-electron chi connectivity index (χ2n) is 5.91. The molecule has 0 aromatic heterocycles. The van der Waals surface area contributed by atoms with Crippen molar-refractivity contribution < 1.29 is 0 Å². The summed E-state index contributed by atoms with van der Waals surface area (Å²) < 4.78 is 0. The van der Waals surface area contributed by atoms with E-state index in [1.54, 1.807) is 0 Å². The van der Waals surface area contributed by atoms with E-state index in [0.29, 0.717) is 5.11 Å². The fourth-order valence-electron chi connectivity index (χ4n) is 2.80. The quantitative estimate of drug-likeness (QED) is 0.805. The molecule has 120 valence electrons. The summed E-state index contributed by atoms with van der Waals surface area (Å²) in [5.74, 6) is 0. The van der Waals surface area contributed by atoms with Crippen LogP contribution in [0, 0.1) is 13.8 Å². The van der Waals surface area contributed by atoms with Gasteiger partial charge in [0.1, 0.15) is 5.66 Å². The van der Waals surface area contributed by atoms with Crippen LogP contribution in [-0.2, 0) is 5.66 Å². The van der Waals surface area contributed by atoms with Gasteiger partial charge in [0, 0.05) is 5.02 Å². The average Bonchev–Trinajstić information content (AvgIpc) is 2.89. The lowest BCUT2D eigenvalue weighted by Gasteiger charge is -2.29. The topological polar surface area (TPSA) is 27.3 Å². The van der Waals surface area contributed by atoms with Crippen molar-refractivity contribution in [1.82, 2.24) is 10.7 Å². The van der Waals surface area contributed by atoms with Gasteiger partial charge in [-0.25, -0.2) is 5.01 Å². The third kappa shape index (κ3) is 2.94. The Morgan fingerprint density at radius 3 is 2.39 bits per heavy atom. The highest BCUT2D eigenvalue weighted by Crippen LogP contribution is 2.31. The van der Waals surface area contributed by atoms with E-state index in [2.05, 4.69) is 49.7 Å². The molecule has 1 heterocycles. The van der Waals surface area contributed by atoms with Crippen LogP contribution < -0.4 is 15.8 Å². The van der Waals surface area contributed by atoms with E-state index < -0.39 is 5.66 Å². The van der Waals surface area contributed by atoms with Gasteiger partial charge in [-0.3, -0.25) is 0 Å². The first-order valence-electron chi connectivity index (χ1n) is 7.68. The Balaban J connectivity index is 1.96. The van der Waals surface area contributed by atoms with Gasteiger partial charge in [0.05, 0.1) is 5.69 Å². The van der Waals surface area contributed by atoms with E-state index in [0.717, 1.165) is 22.7 Å². The lowest BCUT2D eigenvalue weighted by molar-refractivity contribution is 0.337. The maximum absolute atomic E-state index is 6.02. The van der Waals surface area contributed by atoms with E-state index in [1.165, 1.54) is 11.1 Å². The van der Waals surface area contributed by atoms with Crippen LogP contribution in [0.4, 0.5) is 5.69 Å². The van der Waals surface area contributed by atoms with Crippen LogP contribution in [0.3, 0.4) is 0 Å². The molecule has 3 rings (SSSR count). The summed E-state index contributed by atoms with van der Waals surface area (Å²) in [6, 6.07) is 14.2. The van der Waals surface area contributed by atoms with Crippen LogP contribution in [0.15, 0.2) is 42.5 Å². The fraction of sp³-hybridized carbons (Fsp3) is 0.278. The molecule has 23 heavy (non-hydrogen) atoms. The Morgan fingerprint density at radius 2 is 1.78 bits per heavy atom. The zero-order chi connectivity index (χ0) is 16.6. The highest BCUT2D eigenvalue weighted by atomic mass is 35.5. The molecular formula is C18H20ClN3S. The van der Waals surface area contributed by atoms with E-state index in [-0.39, 0.29) is 0 Å². The standard InChI is InChI=1S/C18H20ClN3S/c1-4-18(14-6-8-15(19)9-7-14)20-17(23)22(21-18)16-10-5-12(2)13(3)11-16/h5-11,21H,4H2,1-3H3,(H,20,23)/t18-/m1/s1. The van der Waals surface area contributed by atoms with Crippen molar-refractivity contribution >= 4 is 34.6 Å². The number of anilines is 1. The molecule has 1 atom stereocenters. The van der Waals surface area contributed by atoms with Crippen molar-refractivity contribution in [2.45, 2.75) is 32.9 Å². The smallest absolute Gasteiger partial charge is 0.190 e. The molecule has 0 unspecified atom stereocenters. The van der Waals surface area contributed by atoms with E-state index >= 15 is 0 Å². The average molecular weight is 346 g/mol. The summed E-state index contributed by atoms with van der Waals surface area (Å²) in [5, 5.41) is 6.78. The molecule has 0 saturated carbocycles. The number of benzene rings is 2. The zero-order valence-corrected chi connectivity index (χ0v) is 15.1. The van der Waals surface area contributed by atoms with E-state index in [1.807, 2.05) is 29.3 Å². The number of aryl methyl sites for hydroxylation is 2. The van der Waals surface area contributed by atoms with Gasteiger partial charge in [0.15, 0.2) is 5.11 Å². The minimum absolute atomic E-state index is 0.416. The Kier molecular flexibility index (Phi) is 4.32. The summed E-state index contributed by atoms with van der Waals surface area (Å²) >= 11 is 11.6. The second-order valence-corrected chi connectivity index (χ2v) is 6.73. The highest BCUT2D eigenvalue weighted by Gasteiger charge is 2.40. The predicted octanol–water partition coefficient (Wildman–Crippen LogP) is 4.42. The first-order valence-corrected chi connectivity index (χ1v) is 8.47. The molecule has 5 heteroatoms. The molecule has 3 nitrogen and oxygen atoms in total. The monoisotopic (exact) mass is 345 g/mol. The van der Waals surface area contributed by atoms with Crippen LogP contribution in [0.1, 0.15) is 30.0 Å². The number of hydrogen-bond acceptors (Lipinski definition) is 2. The number of nitrogens with zero attached hydrogens (tertiary/aromatic N) is 1. The van der Waals surface area contributed by atoms with Crippen LogP contribution >= 0.6 is 23.8 Å². The van der Waals surface area contributed by atoms with Gasteiger partial charge in [0.2, 0.25) is 0 Å². The Bertz CT molecular complexity index is 744.